The standard InChI is InChI=1S/C15H21N3OS/c1-15(2,3)9-4-10-19-12-7-5-11(6-8-12)13-17-18-14(16)20-13/h5-8H,4,9-10H2,1-3H3,(H2,16,18). The maximum atomic E-state index is 5.74. The first-order valence-corrected chi connectivity index (χ1v) is 7.58. The lowest BCUT2D eigenvalue weighted by atomic mass is 9.91. The Morgan fingerprint density at radius 3 is 2.40 bits per heavy atom. The molecule has 0 fully saturated rings. The first kappa shape index (κ1) is 14.8. The second kappa shape index (κ2) is 6.22. The minimum Gasteiger partial charge on any atom is -0.494 e. The second-order valence-corrected chi connectivity index (χ2v) is 6.99. The summed E-state index contributed by atoms with van der Waals surface area (Å²) >= 11 is 1.39. The van der Waals surface area contributed by atoms with Crippen molar-refractivity contribution < 1.29 is 4.74 Å². The average Bonchev–Trinajstić information content (AvgIpc) is 2.81. The van der Waals surface area contributed by atoms with Crippen molar-refractivity contribution in [1.29, 1.82) is 0 Å². The van der Waals surface area contributed by atoms with E-state index in [9.17, 15) is 0 Å². The van der Waals surface area contributed by atoms with Gasteiger partial charge in [0.25, 0.3) is 0 Å². The smallest absolute Gasteiger partial charge is 0.203 e. The molecule has 0 saturated carbocycles. The highest BCUT2D eigenvalue weighted by atomic mass is 32.1. The fourth-order valence-corrected chi connectivity index (χ4v) is 2.45. The van der Waals surface area contributed by atoms with Gasteiger partial charge in [0.15, 0.2) is 0 Å². The molecular weight excluding hydrogens is 270 g/mol. The molecule has 5 heteroatoms. The summed E-state index contributed by atoms with van der Waals surface area (Å²) in [7, 11) is 0. The van der Waals surface area contributed by atoms with E-state index < -0.39 is 0 Å². The van der Waals surface area contributed by atoms with Gasteiger partial charge >= 0.3 is 0 Å². The van der Waals surface area contributed by atoms with E-state index in [0.29, 0.717) is 10.5 Å². The van der Waals surface area contributed by atoms with E-state index in [1.807, 2.05) is 24.3 Å². The number of ether oxygens (including phenoxy) is 1. The molecule has 1 aromatic carbocycles. The Labute approximate surface area is 124 Å². The third kappa shape index (κ3) is 4.49. The van der Waals surface area contributed by atoms with Gasteiger partial charge in [-0.25, -0.2) is 0 Å². The molecule has 20 heavy (non-hydrogen) atoms. The summed E-state index contributed by atoms with van der Waals surface area (Å²) < 4.78 is 5.74. The zero-order chi connectivity index (χ0) is 14.6. The number of benzene rings is 1. The van der Waals surface area contributed by atoms with Crippen LogP contribution < -0.4 is 10.5 Å². The van der Waals surface area contributed by atoms with Crippen LogP contribution in [0.25, 0.3) is 10.6 Å². The van der Waals surface area contributed by atoms with Crippen molar-refractivity contribution in [1.82, 2.24) is 10.2 Å². The van der Waals surface area contributed by atoms with E-state index in [2.05, 4.69) is 31.0 Å². The highest BCUT2D eigenvalue weighted by Crippen LogP contribution is 2.26. The lowest BCUT2D eigenvalue weighted by Crippen LogP contribution is -2.07. The molecule has 2 N–H and O–H groups in total. The minimum absolute atomic E-state index is 0.366. The third-order valence-electron chi connectivity index (χ3n) is 2.88. The zero-order valence-corrected chi connectivity index (χ0v) is 13.0. The van der Waals surface area contributed by atoms with Gasteiger partial charge in [-0.15, -0.1) is 10.2 Å². The maximum Gasteiger partial charge on any atom is 0.203 e. The van der Waals surface area contributed by atoms with E-state index in [-0.39, 0.29) is 0 Å². The SMILES string of the molecule is CC(C)(C)CCCOc1ccc(-c2nnc(N)s2)cc1. The van der Waals surface area contributed by atoms with Crippen molar-refractivity contribution >= 4 is 16.5 Å². The molecule has 4 nitrogen and oxygen atoms in total. The van der Waals surface area contributed by atoms with Gasteiger partial charge < -0.3 is 10.5 Å². The largest absolute Gasteiger partial charge is 0.494 e. The molecular formula is C15H21N3OS. The van der Waals surface area contributed by atoms with Crippen LogP contribution in [-0.4, -0.2) is 16.8 Å². The number of rotatable bonds is 5. The van der Waals surface area contributed by atoms with E-state index in [4.69, 9.17) is 10.5 Å². The second-order valence-electron chi connectivity index (χ2n) is 5.98. The van der Waals surface area contributed by atoms with Crippen molar-refractivity contribution in [2.75, 3.05) is 12.3 Å². The van der Waals surface area contributed by atoms with Crippen LogP contribution in [0, 0.1) is 5.41 Å². The van der Waals surface area contributed by atoms with Crippen LogP contribution in [-0.2, 0) is 0 Å². The minimum atomic E-state index is 0.366. The molecule has 0 saturated heterocycles. The Bertz CT molecular complexity index is 543. The van der Waals surface area contributed by atoms with Crippen LogP contribution in [0.5, 0.6) is 5.75 Å². The fourth-order valence-electron chi connectivity index (χ4n) is 1.84. The van der Waals surface area contributed by atoms with Crippen LogP contribution in [0.2, 0.25) is 0 Å². The molecule has 1 aromatic heterocycles. The highest BCUT2D eigenvalue weighted by molar-refractivity contribution is 7.18. The zero-order valence-electron chi connectivity index (χ0n) is 12.2. The summed E-state index contributed by atoms with van der Waals surface area (Å²) in [6, 6.07) is 7.89. The monoisotopic (exact) mass is 291 g/mol. The van der Waals surface area contributed by atoms with Gasteiger partial charge in [-0.05, 0) is 42.5 Å². The van der Waals surface area contributed by atoms with Crippen molar-refractivity contribution in [3.05, 3.63) is 24.3 Å². The van der Waals surface area contributed by atoms with E-state index in [1.54, 1.807) is 0 Å². The average molecular weight is 291 g/mol. The Balaban J connectivity index is 1.86. The van der Waals surface area contributed by atoms with E-state index >= 15 is 0 Å². The van der Waals surface area contributed by atoms with Gasteiger partial charge in [-0.2, -0.15) is 0 Å². The van der Waals surface area contributed by atoms with Crippen molar-refractivity contribution in [3.63, 3.8) is 0 Å². The normalized spacial score (nSPS) is 11.6. The molecule has 0 atom stereocenters. The summed E-state index contributed by atoms with van der Waals surface area (Å²) in [5, 5.41) is 9.16. The summed E-state index contributed by atoms with van der Waals surface area (Å²) in [5.41, 5.74) is 6.96. The molecule has 2 aromatic rings. The topological polar surface area (TPSA) is 61.0 Å². The number of anilines is 1. The Morgan fingerprint density at radius 2 is 1.85 bits per heavy atom. The van der Waals surface area contributed by atoms with Gasteiger partial charge in [0.2, 0.25) is 5.13 Å². The number of nitrogen functional groups attached to an aromatic ring is 1. The Kier molecular flexibility index (Phi) is 4.60. The van der Waals surface area contributed by atoms with Crippen molar-refractivity contribution in [3.8, 4) is 16.3 Å². The van der Waals surface area contributed by atoms with Gasteiger partial charge in [0.05, 0.1) is 6.61 Å². The molecule has 0 spiro atoms. The van der Waals surface area contributed by atoms with Gasteiger partial charge in [0.1, 0.15) is 10.8 Å². The third-order valence-corrected chi connectivity index (χ3v) is 3.68. The molecule has 0 bridgehead atoms. The highest BCUT2D eigenvalue weighted by Gasteiger charge is 2.09. The van der Waals surface area contributed by atoms with Gasteiger partial charge in [-0.3, -0.25) is 0 Å². The molecule has 0 aliphatic carbocycles. The number of nitrogens with two attached hydrogens (primary N) is 1. The predicted molar refractivity (Wildman–Crippen MR) is 83.9 cm³/mol. The summed E-state index contributed by atoms with van der Waals surface area (Å²) in [4.78, 5) is 0. The number of aromatic nitrogens is 2. The Morgan fingerprint density at radius 1 is 1.15 bits per heavy atom. The number of nitrogens with zero attached hydrogens (tertiary/aromatic N) is 2. The van der Waals surface area contributed by atoms with Gasteiger partial charge in [-0.1, -0.05) is 32.1 Å². The summed E-state index contributed by atoms with van der Waals surface area (Å²) in [5.74, 6) is 0.889. The van der Waals surface area contributed by atoms with Crippen molar-refractivity contribution in [2.45, 2.75) is 33.6 Å². The van der Waals surface area contributed by atoms with Gasteiger partial charge in [0, 0.05) is 5.56 Å². The molecule has 0 radical (unpaired) electrons. The molecule has 0 unspecified atom stereocenters. The first-order valence-electron chi connectivity index (χ1n) is 6.76. The first-order chi connectivity index (χ1) is 9.44. The van der Waals surface area contributed by atoms with E-state index in [0.717, 1.165) is 35.8 Å². The molecule has 2 rings (SSSR count). The molecule has 0 aliphatic rings. The number of hydrogen-bond acceptors (Lipinski definition) is 5. The predicted octanol–water partition coefficient (Wildman–Crippen LogP) is 3.99. The van der Waals surface area contributed by atoms with Crippen LogP contribution >= 0.6 is 11.3 Å². The molecule has 0 amide bonds. The quantitative estimate of drug-likeness (QED) is 0.846. The number of hydrogen-bond donors (Lipinski definition) is 1. The van der Waals surface area contributed by atoms with Crippen LogP contribution in [0.3, 0.4) is 0 Å². The summed E-state index contributed by atoms with van der Waals surface area (Å²) in [6.45, 7) is 7.49. The lowest BCUT2D eigenvalue weighted by Gasteiger charge is -2.17. The van der Waals surface area contributed by atoms with Crippen LogP contribution in [0.15, 0.2) is 24.3 Å². The lowest BCUT2D eigenvalue weighted by molar-refractivity contribution is 0.269. The van der Waals surface area contributed by atoms with Crippen LogP contribution in [0.1, 0.15) is 33.6 Å². The maximum absolute atomic E-state index is 5.74. The van der Waals surface area contributed by atoms with E-state index in [1.165, 1.54) is 11.3 Å². The summed E-state index contributed by atoms with van der Waals surface area (Å²) in [6.07, 6.45) is 2.23. The van der Waals surface area contributed by atoms with Crippen molar-refractivity contribution in [2.24, 2.45) is 5.41 Å². The Hall–Kier alpha value is -1.62. The molecule has 1 heterocycles. The van der Waals surface area contributed by atoms with Crippen LogP contribution in [0.4, 0.5) is 5.13 Å². The molecule has 0 aliphatic heterocycles. The fraction of sp³-hybridized carbons (Fsp3) is 0.467. The molecule has 108 valence electrons.